The third-order valence-corrected chi connectivity index (χ3v) is 5.90. The first-order chi connectivity index (χ1) is 9.14. The molecule has 0 saturated carbocycles. The van der Waals surface area contributed by atoms with E-state index in [1.54, 1.807) is 0 Å². The molecule has 1 saturated heterocycles. The first-order valence-corrected chi connectivity index (χ1v) is 8.88. The van der Waals surface area contributed by atoms with E-state index in [4.69, 9.17) is 0 Å². The minimum absolute atomic E-state index is 0.373. The van der Waals surface area contributed by atoms with E-state index in [0.717, 1.165) is 17.4 Å². The fourth-order valence-corrected chi connectivity index (χ4v) is 4.52. The lowest BCUT2D eigenvalue weighted by molar-refractivity contribution is 0.398. The zero-order valence-electron chi connectivity index (χ0n) is 11.8. The molecular weight excluding hydrogens is 320 g/mol. The van der Waals surface area contributed by atoms with Crippen LogP contribution in [0.4, 0.5) is 0 Å². The highest BCUT2D eigenvalue weighted by atomic mass is 79.9. The van der Waals surface area contributed by atoms with E-state index in [0.29, 0.717) is 10.8 Å². The highest BCUT2D eigenvalue weighted by Gasteiger charge is 2.37. The van der Waals surface area contributed by atoms with Gasteiger partial charge in [0.2, 0.25) is 0 Å². The van der Waals surface area contributed by atoms with Gasteiger partial charge in [-0.1, -0.05) is 6.92 Å². The molecule has 2 rings (SSSR count). The van der Waals surface area contributed by atoms with E-state index < -0.39 is 0 Å². The number of halogens is 1. The molecule has 4 heteroatoms. The first-order valence-electron chi connectivity index (χ1n) is 7.11. The molecule has 0 amide bonds. The lowest BCUT2D eigenvalue weighted by Crippen LogP contribution is -2.47. The number of aromatic nitrogens is 1. The number of nitrogens with zero attached hydrogens (tertiary/aromatic N) is 1. The summed E-state index contributed by atoms with van der Waals surface area (Å²) in [5, 5.41) is 3.76. The minimum atomic E-state index is 0.373. The number of pyridine rings is 1. The van der Waals surface area contributed by atoms with Gasteiger partial charge in [-0.05, 0) is 72.5 Å². The van der Waals surface area contributed by atoms with Crippen molar-refractivity contribution in [2.75, 3.05) is 12.3 Å². The van der Waals surface area contributed by atoms with E-state index in [-0.39, 0.29) is 0 Å². The van der Waals surface area contributed by atoms with Gasteiger partial charge in [-0.2, -0.15) is 11.8 Å². The van der Waals surface area contributed by atoms with Crippen LogP contribution in [0.3, 0.4) is 0 Å². The molecular formula is C15H23BrN2S. The normalized spacial score (nSPS) is 24.6. The molecule has 2 heterocycles. The number of hydrogen-bond acceptors (Lipinski definition) is 3. The minimum Gasteiger partial charge on any atom is -0.312 e. The zero-order chi connectivity index (χ0) is 13.7. The summed E-state index contributed by atoms with van der Waals surface area (Å²) < 4.78 is 1.45. The largest absolute Gasteiger partial charge is 0.312 e. The van der Waals surface area contributed by atoms with E-state index >= 15 is 0 Å². The van der Waals surface area contributed by atoms with Crippen LogP contribution in [0, 0.1) is 0 Å². The van der Waals surface area contributed by atoms with Crippen molar-refractivity contribution in [3.63, 3.8) is 0 Å². The van der Waals surface area contributed by atoms with E-state index in [1.165, 1.54) is 30.6 Å². The van der Waals surface area contributed by atoms with Gasteiger partial charge in [0.05, 0.1) is 0 Å². The number of nitrogens with one attached hydrogen (secondary N) is 1. The van der Waals surface area contributed by atoms with Crippen molar-refractivity contribution in [2.24, 2.45) is 0 Å². The summed E-state index contributed by atoms with van der Waals surface area (Å²) >= 11 is 5.65. The zero-order valence-corrected chi connectivity index (χ0v) is 14.2. The summed E-state index contributed by atoms with van der Waals surface area (Å²) in [5.74, 6) is 1.30. The molecule has 19 heavy (non-hydrogen) atoms. The Hall–Kier alpha value is -0.0600. The van der Waals surface area contributed by atoms with Crippen LogP contribution in [-0.2, 0) is 6.42 Å². The van der Waals surface area contributed by atoms with Crippen LogP contribution in [0.25, 0.3) is 0 Å². The Balaban J connectivity index is 2.09. The monoisotopic (exact) mass is 342 g/mol. The van der Waals surface area contributed by atoms with Crippen LogP contribution >= 0.6 is 27.7 Å². The summed E-state index contributed by atoms with van der Waals surface area (Å²) in [6.07, 6.45) is 8.77. The molecule has 2 nitrogen and oxygen atoms in total. The average molecular weight is 343 g/mol. The second-order valence-corrected chi connectivity index (χ2v) is 8.03. The Labute approximate surface area is 129 Å². The number of rotatable bonds is 6. The van der Waals surface area contributed by atoms with Crippen molar-refractivity contribution >= 4 is 27.7 Å². The van der Waals surface area contributed by atoms with Gasteiger partial charge in [0.25, 0.3) is 0 Å². The van der Waals surface area contributed by atoms with Gasteiger partial charge in [0.15, 0.2) is 0 Å². The van der Waals surface area contributed by atoms with Crippen LogP contribution in [0.5, 0.6) is 0 Å². The second kappa shape index (κ2) is 7.09. The van der Waals surface area contributed by atoms with Crippen molar-refractivity contribution < 1.29 is 0 Å². The molecule has 1 N–H and O–H groups in total. The summed E-state index contributed by atoms with van der Waals surface area (Å²) in [5.41, 5.74) is 1.32. The highest BCUT2D eigenvalue weighted by Crippen LogP contribution is 2.41. The Kier molecular flexibility index (Phi) is 5.72. The number of hydrogen-bond donors (Lipinski definition) is 1. The molecule has 2 unspecified atom stereocenters. The molecule has 1 aromatic heterocycles. The molecule has 0 bridgehead atoms. The maximum atomic E-state index is 4.29. The molecule has 1 fully saturated rings. The van der Waals surface area contributed by atoms with Crippen LogP contribution in [0.15, 0.2) is 22.9 Å². The van der Waals surface area contributed by atoms with Gasteiger partial charge >= 0.3 is 0 Å². The van der Waals surface area contributed by atoms with E-state index in [9.17, 15) is 0 Å². The molecule has 0 spiro atoms. The Bertz CT molecular complexity index is 405. The summed E-state index contributed by atoms with van der Waals surface area (Å²) in [6, 6.07) is 2.73. The smallest absolute Gasteiger partial charge is 0.0410 e. The van der Waals surface area contributed by atoms with E-state index in [2.05, 4.69) is 57.9 Å². The second-order valence-electron chi connectivity index (χ2n) is 5.49. The third kappa shape index (κ3) is 4.20. The van der Waals surface area contributed by atoms with Gasteiger partial charge in [-0.25, -0.2) is 0 Å². The standard InChI is InChI=1S/C15H23BrN2S/c1-3-6-18-14(15(2)5-4-7-19-15)9-12-8-13(16)11-17-10-12/h8,10-11,14,18H,3-7,9H2,1-2H3. The quantitative estimate of drug-likeness (QED) is 0.844. The van der Waals surface area contributed by atoms with Crippen molar-refractivity contribution in [3.05, 3.63) is 28.5 Å². The molecule has 0 radical (unpaired) electrons. The predicted molar refractivity (Wildman–Crippen MR) is 87.8 cm³/mol. The predicted octanol–water partition coefficient (Wildman–Crippen LogP) is 4.04. The first kappa shape index (κ1) is 15.3. The van der Waals surface area contributed by atoms with Crippen molar-refractivity contribution in [3.8, 4) is 0 Å². The topological polar surface area (TPSA) is 24.9 Å². The Morgan fingerprint density at radius 3 is 3.00 bits per heavy atom. The average Bonchev–Trinajstić information content (AvgIpc) is 2.82. The maximum absolute atomic E-state index is 4.29. The molecule has 2 atom stereocenters. The van der Waals surface area contributed by atoms with Crippen molar-refractivity contribution in [1.29, 1.82) is 0 Å². The van der Waals surface area contributed by atoms with E-state index in [1.807, 2.05) is 12.4 Å². The van der Waals surface area contributed by atoms with Gasteiger partial charge in [-0.3, -0.25) is 4.98 Å². The lowest BCUT2D eigenvalue weighted by Gasteiger charge is -2.34. The molecule has 0 aliphatic carbocycles. The highest BCUT2D eigenvalue weighted by molar-refractivity contribution is 9.10. The van der Waals surface area contributed by atoms with Crippen LogP contribution in [0.2, 0.25) is 0 Å². The SMILES string of the molecule is CCCNC(Cc1cncc(Br)c1)C1(C)CCCS1. The Morgan fingerprint density at radius 2 is 2.37 bits per heavy atom. The van der Waals surface area contributed by atoms with Crippen LogP contribution < -0.4 is 5.32 Å². The molecule has 1 aliphatic rings. The summed E-state index contributed by atoms with van der Waals surface area (Å²) in [7, 11) is 0. The van der Waals surface area contributed by atoms with Crippen LogP contribution in [0.1, 0.15) is 38.7 Å². The molecule has 1 aromatic rings. The fourth-order valence-electron chi connectivity index (χ4n) is 2.70. The van der Waals surface area contributed by atoms with Crippen molar-refractivity contribution in [2.45, 2.75) is 50.3 Å². The van der Waals surface area contributed by atoms with Crippen LogP contribution in [-0.4, -0.2) is 28.1 Å². The number of thioether (sulfide) groups is 1. The summed E-state index contributed by atoms with van der Waals surface area (Å²) in [6.45, 7) is 5.75. The summed E-state index contributed by atoms with van der Waals surface area (Å²) in [4.78, 5) is 4.29. The Morgan fingerprint density at radius 1 is 1.53 bits per heavy atom. The van der Waals surface area contributed by atoms with Gasteiger partial charge in [-0.15, -0.1) is 0 Å². The van der Waals surface area contributed by atoms with Gasteiger partial charge in [0.1, 0.15) is 0 Å². The molecule has 106 valence electrons. The van der Waals surface area contributed by atoms with Gasteiger partial charge in [0, 0.05) is 27.7 Å². The third-order valence-electron chi connectivity index (χ3n) is 3.83. The van der Waals surface area contributed by atoms with Gasteiger partial charge < -0.3 is 5.32 Å². The lowest BCUT2D eigenvalue weighted by atomic mass is 9.91. The molecule has 0 aromatic carbocycles. The molecule has 1 aliphatic heterocycles. The fraction of sp³-hybridized carbons (Fsp3) is 0.667. The van der Waals surface area contributed by atoms with Crippen molar-refractivity contribution in [1.82, 2.24) is 10.3 Å². The maximum Gasteiger partial charge on any atom is 0.0410 e.